The second-order valence-electron chi connectivity index (χ2n) is 4.08. The average molecular weight is 290 g/mol. The van der Waals surface area contributed by atoms with E-state index in [1.165, 1.54) is 12.1 Å². The van der Waals surface area contributed by atoms with Gasteiger partial charge in [-0.25, -0.2) is 0 Å². The number of rotatable bonds is 7. The number of nitrogens with one attached hydrogen (secondary N) is 2. The third-order valence-electron chi connectivity index (χ3n) is 2.46. The Morgan fingerprint density at radius 3 is 2.70 bits per heavy atom. The minimum atomic E-state index is -4.39. The van der Waals surface area contributed by atoms with E-state index in [0.717, 1.165) is 12.1 Å². The number of benzene rings is 1. The molecule has 20 heavy (non-hydrogen) atoms. The van der Waals surface area contributed by atoms with Crippen molar-refractivity contribution in [3.63, 3.8) is 0 Å². The molecule has 112 valence electrons. The van der Waals surface area contributed by atoms with Crippen molar-refractivity contribution >= 4 is 5.91 Å². The molecule has 0 aromatic heterocycles. The normalized spacial score (nSPS) is 11.2. The number of ether oxygens (including phenoxy) is 1. The number of hydrogen-bond donors (Lipinski definition) is 2. The smallest absolute Gasteiger partial charge is 0.416 e. The summed E-state index contributed by atoms with van der Waals surface area (Å²) < 4.78 is 42.6. The summed E-state index contributed by atoms with van der Waals surface area (Å²) in [5.74, 6) is -0.00343. The van der Waals surface area contributed by atoms with Crippen LogP contribution in [0.2, 0.25) is 0 Å². The van der Waals surface area contributed by atoms with Crippen molar-refractivity contribution < 1.29 is 22.7 Å². The molecule has 0 atom stereocenters. The Hall–Kier alpha value is -1.76. The van der Waals surface area contributed by atoms with E-state index < -0.39 is 11.7 Å². The first-order chi connectivity index (χ1) is 9.43. The van der Waals surface area contributed by atoms with Gasteiger partial charge >= 0.3 is 6.18 Å². The van der Waals surface area contributed by atoms with Crippen LogP contribution in [0.25, 0.3) is 0 Å². The first kappa shape index (κ1) is 16.3. The first-order valence-electron chi connectivity index (χ1n) is 6.15. The molecule has 0 fully saturated rings. The molecular weight excluding hydrogens is 273 g/mol. The number of carbonyl (C=O) groups is 1. The lowest BCUT2D eigenvalue weighted by Gasteiger charge is -2.10. The number of carbonyl (C=O) groups excluding carboxylic acids is 1. The molecule has 0 radical (unpaired) electrons. The van der Waals surface area contributed by atoms with Crippen LogP contribution in [0.5, 0.6) is 5.75 Å². The van der Waals surface area contributed by atoms with Crippen LogP contribution in [0.3, 0.4) is 0 Å². The molecular formula is C13H17F3N2O2. The van der Waals surface area contributed by atoms with Crippen LogP contribution >= 0.6 is 0 Å². The van der Waals surface area contributed by atoms with Gasteiger partial charge in [0.05, 0.1) is 12.1 Å². The number of amides is 1. The van der Waals surface area contributed by atoms with Crippen molar-refractivity contribution in [1.82, 2.24) is 10.6 Å². The van der Waals surface area contributed by atoms with Gasteiger partial charge in [0, 0.05) is 13.0 Å². The first-order valence-corrected chi connectivity index (χ1v) is 6.15. The lowest BCUT2D eigenvalue weighted by molar-refractivity contribution is -0.137. The SMILES string of the molecule is CNCCC(=O)NCCOc1cccc(C(F)(F)F)c1. The maximum absolute atomic E-state index is 12.5. The highest BCUT2D eigenvalue weighted by atomic mass is 19.4. The zero-order valence-electron chi connectivity index (χ0n) is 11.1. The highest BCUT2D eigenvalue weighted by Gasteiger charge is 2.30. The van der Waals surface area contributed by atoms with Gasteiger partial charge in [-0.1, -0.05) is 6.07 Å². The Morgan fingerprint density at radius 2 is 2.05 bits per heavy atom. The summed E-state index contributed by atoms with van der Waals surface area (Å²) in [6.45, 7) is 0.936. The van der Waals surface area contributed by atoms with Gasteiger partial charge in [-0.2, -0.15) is 13.2 Å². The Morgan fingerprint density at radius 1 is 1.30 bits per heavy atom. The van der Waals surface area contributed by atoms with Gasteiger partial charge in [0.1, 0.15) is 12.4 Å². The molecule has 7 heteroatoms. The van der Waals surface area contributed by atoms with Gasteiger partial charge in [-0.05, 0) is 25.2 Å². The zero-order chi connectivity index (χ0) is 15.0. The Kier molecular flexibility index (Phi) is 6.30. The van der Waals surface area contributed by atoms with Crippen molar-refractivity contribution in [1.29, 1.82) is 0 Å². The highest BCUT2D eigenvalue weighted by molar-refractivity contribution is 5.75. The quantitative estimate of drug-likeness (QED) is 0.753. The molecule has 1 aromatic carbocycles. The molecule has 0 aliphatic carbocycles. The predicted octanol–water partition coefficient (Wildman–Crippen LogP) is 1.81. The molecule has 0 aliphatic heterocycles. The molecule has 0 bridgehead atoms. The summed E-state index contributed by atoms with van der Waals surface area (Å²) in [6.07, 6.45) is -4.04. The van der Waals surface area contributed by atoms with Gasteiger partial charge < -0.3 is 15.4 Å². The van der Waals surface area contributed by atoms with Crippen molar-refractivity contribution in [3.8, 4) is 5.75 Å². The standard InChI is InChI=1S/C13H17F3N2O2/c1-17-6-5-12(19)18-7-8-20-11-4-2-3-10(9-11)13(14,15)16/h2-4,9,17H,5-8H2,1H3,(H,18,19). The van der Waals surface area contributed by atoms with Crippen molar-refractivity contribution in [2.45, 2.75) is 12.6 Å². The maximum atomic E-state index is 12.5. The van der Waals surface area contributed by atoms with Gasteiger partial charge in [0.15, 0.2) is 0 Å². The van der Waals surface area contributed by atoms with E-state index in [0.29, 0.717) is 13.0 Å². The fourth-order valence-electron chi connectivity index (χ4n) is 1.45. The van der Waals surface area contributed by atoms with E-state index in [-0.39, 0.29) is 24.8 Å². The van der Waals surface area contributed by atoms with E-state index in [9.17, 15) is 18.0 Å². The fraction of sp³-hybridized carbons (Fsp3) is 0.462. The van der Waals surface area contributed by atoms with Gasteiger partial charge in [0.25, 0.3) is 0 Å². The van der Waals surface area contributed by atoms with Crippen LogP contribution in [0, 0.1) is 0 Å². The van der Waals surface area contributed by atoms with Crippen LogP contribution in [0.4, 0.5) is 13.2 Å². The summed E-state index contributed by atoms with van der Waals surface area (Å²) in [5, 5.41) is 5.44. The van der Waals surface area contributed by atoms with Crippen LogP contribution in [0.15, 0.2) is 24.3 Å². The second kappa shape index (κ2) is 7.74. The lowest BCUT2D eigenvalue weighted by atomic mass is 10.2. The van der Waals surface area contributed by atoms with E-state index >= 15 is 0 Å². The monoisotopic (exact) mass is 290 g/mol. The van der Waals surface area contributed by atoms with Crippen molar-refractivity contribution in [2.75, 3.05) is 26.7 Å². The van der Waals surface area contributed by atoms with E-state index in [1.54, 1.807) is 7.05 Å². The molecule has 1 rings (SSSR count). The topological polar surface area (TPSA) is 50.4 Å². The maximum Gasteiger partial charge on any atom is 0.416 e. The van der Waals surface area contributed by atoms with Crippen LogP contribution in [0.1, 0.15) is 12.0 Å². The van der Waals surface area contributed by atoms with Crippen LogP contribution in [-0.4, -0.2) is 32.7 Å². The third-order valence-corrected chi connectivity index (χ3v) is 2.46. The Balaban J connectivity index is 2.34. The minimum Gasteiger partial charge on any atom is -0.492 e. The summed E-state index contributed by atoms with van der Waals surface area (Å²) >= 11 is 0. The predicted molar refractivity (Wildman–Crippen MR) is 68.5 cm³/mol. The highest BCUT2D eigenvalue weighted by Crippen LogP contribution is 2.31. The molecule has 0 unspecified atom stereocenters. The van der Waals surface area contributed by atoms with E-state index in [1.807, 2.05) is 0 Å². The summed E-state index contributed by atoms with van der Waals surface area (Å²) in [4.78, 5) is 11.2. The molecule has 0 aliphatic rings. The van der Waals surface area contributed by atoms with Crippen molar-refractivity contribution in [2.24, 2.45) is 0 Å². The molecule has 0 heterocycles. The van der Waals surface area contributed by atoms with Gasteiger partial charge in [-0.15, -0.1) is 0 Å². The largest absolute Gasteiger partial charge is 0.492 e. The Labute approximate surface area is 115 Å². The summed E-state index contributed by atoms with van der Waals surface area (Å²) in [6, 6.07) is 4.64. The van der Waals surface area contributed by atoms with Crippen LogP contribution in [-0.2, 0) is 11.0 Å². The van der Waals surface area contributed by atoms with Crippen molar-refractivity contribution in [3.05, 3.63) is 29.8 Å². The molecule has 0 saturated carbocycles. The van der Waals surface area contributed by atoms with Gasteiger partial charge in [-0.3, -0.25) is 4.79 Å². The summed E-state index contributed by atoms with van der Waals surface area (Å²) in [5.41, 5.74) is -0.756. The molecule has 1 aromatic rings. The average Bonchev–Trinajstić information content (AvgIpc) is 2.41. The van der Waals surface area contributed by atoms with E-state index in [4.69, 9.17) is 4.74 Å². The molecule has 0 saturated heterocycles. The molecule has 0 spiro atoms. The number of hydrogen-bond acceptors (Lipinski definition) is 3. The van der Waals surface area contributed by atoms with Gasteiger partial charge in [0.2, 0.25) is 5.91 Å². The minimum absolute atomic E-state index is 0.118. The van der Waals surface area contributed by atoms with E-state index in [2.05, 4.69) is 10.6 Å². The second-order valence-corrected chi connectivity index (χ2v) is 4.08. The third kappa shape index (κ3) is 5.92. The van der Waals surface area contributed by atoms with Crippen LogP contribution < -0.4 is 15.4 Å². The lowest BCUT2D eigenvalue weighted by Crippen LogP contribution is -2.30. The Bertz CT molecular complexity index is 436. The number of halogens is 3. The molecule has 1 amide bonds. The molecule has 2 N–H and O–H groups in total. The summed E-state index contributed by atoms with van der Waals surface area (Å²) in [7, 11) is 1.74. The fourth-order valence-corrected chi connectivity index (χ4v) is 1.45. The number of alkyl halides is 3. The molecule has 4 nitrogen and oxygen atoms in total. The zero-order valence-corrected chi connectivity index (χ0v) is 11.1.